The van der Waals surface area contributed by atoms with Crippen molar-refractivity contribution in [2.75, 3.05) is 19.2 Å². The Labute approximate surface area is 140 Å². The van der Waals surface area contributed by atoms with Gasteiger partial charge in [-0.15, -0.1) is 0 Å². The molecule has 0 fully saturated rings. The van der Waals surface area contributed by atoms with Gasteiger partial charge in [-0.2, -0.15) is 5.10 Å². The number of carbonyl (C=O) groups is 1. The molecule has 0 aliphatic rings. The Morgan fingerprint density at radius 1 is 1.21 bits per heavy atom. The van der Waals surface area contributed by atoms with Crippen LogP contribution in [0.5, 0.6) is 11.5 Å². The average Bonchev–Trinajstić information content (AvgIpc) is 2.60. The van der Waals surface area contributed by atoms with E-state index in [2.05, 4.69) is 10.6 Å². The van der Waals surface area contributed by atoms with Crippen LogP contribution < -0.4 is 20.8 Å². The Balaban J connectivity index is 1.88. The van der Waals surface area contributed by atoms with Crippen molar-refractivity contribution in [3.63, 3.8) is 0 Å². The fourth-order valence-electron chi connectivity index (χ4n) is 1.87. The van der Waals surface area contributed by atoms with Crippen molar-refractivity contribution in [2.45, 2.75) is 6.92 Å². The fourth-order valence-corrected chi connectivity index (χ4v) is 1.87. The molecule has 7 heteroatoms. The molecule has 24 heavy (non-hydrogen) atoms. The highest BCUT2D eigenvalue weighted by molar-refractivity contribution is 5.80. The largest absolute Gasteiger partial charge is 0.493 e. The molecule has 126 valence electrons. The van der Waals surface area contributed by atoms with Gasteiger partial charge in [0.15, 0.2) is 18.1 Å². The average molecular weight is 329 g/mol. The van der Waals surface area contributed by atoms with Crippen LogP contribution in [-0.2, 0) is 9.63 Å². The summed E-state index contributed by atoms with van der Waals surface area (Å²) in [5.41, 5.74) is 5.12. The first-order chi connectivity index (χ1) is 11.6. The molecule has 2 aromatic carbocycles. The number of nitrogens with one attached hydrogen (secondary N) is 1. The van der Waals surface area contributed by atoms with E-state index in [1.807, 2.05) is 31.2 Å². The molecule has 0 saturated heterocycles. The minimum atomic E-state index is -0.565. The molecule has 0 spiro atoms. The Hall–Kier alpha value is -3.22. The zero-order valence-electron chi connectivity index (χ0n) is 13.5. The maximum Gasteiger partial charge on any atom is 0.369 e. The molecule has 0 atom stereocenters. The molecule has 0 aliphatic carbocycles. The molecule has 0 aromatic heterocycles. The van der Waals surface area contributed by atoms with Gasteiger partial charge in [0.2, 0.25) is 0 Å². The monoisotopic (exact) mass is 329 g/mol. The van der Waals surface area contributed by atoms with E-state index in [4.69, 9.17) is 20.2 Å². The predicted octanol–water partition coefficient (Wildman–Crippen LogP) is 2.25. The molecule has 0 amide bonds. The lowest BCUT2D eigenvalue weighted by Gasteiger charge is -2.11. The molecule has 0 aliphatic heterocycles. The van der Waals surface area contributed by atoms with Crippen LogP contribution in [0.15, 0.2) is 47.6 Å². The van der Waals surface area contributed by atoms with Crippen molar-refractivity contribution in [3.05, 3.63) is 53.6 Å². The number of nitrogens with two attached hydrogens (primary N) is 1. The molecule has 0 heterocycles. The van der Waals surface area contributed by atoms with Crippen molar-refractivity contribution in [3.8, 4) is 11.5 Å². The summed E-state index contributed by atoms with van der Waals surface area (Å²) in [5.74, 6) is 5.42. The van der Waals surface area contributed by atoms with E-state index < -0.39 is 5.97 Å². The van der Waals surface area contributed by atoms with Crippen LogP contribution in [0.25, 0.3) is 0 Å². The Bertz CT molecular complexity index is 714. The van der Waals surface area contributed by atoms with Crippen LogP contribution in [0, 0.1) is 6.92 Å². The van der Waals surface area contributed by atoms with Crippen LogP contribution in [0.2, 0.25) is 0 Å². The number of hydrogen-bond donors (Lipinski definition) is 2. The summed E-state index contributed by atoms with van der Waals surface area (Å²) < 4.78 is 10.6. The van der Waals surface area contributed by atoms with Gasteiger partial charge in [-0.05, 0) is 42.8 Å². The van der Waals surface area contributed by atoms with Crippen molar-refractivity contribution in [1.82, 2.24) is 0 Å². The molecule has 3 N–H and O–H groups in total. The highest BCUT2D eigenvalue weighted by Gasteiger charge is 2.09. The fraction of sp³-hybridized carbons (Fsp3) is 0.176. The molecular formula is C17H19N3O4. The standard InChI is InChI=1S/C17H19N3O4/c1-12-3-6-14(7-4-12)20-24-17(21)11-23-15-8-5-13(10-19-18)9-16(15)22-2/h3-10,20H,11,18H2,1-2H3. The third kappa shape index (κ3) is 4.91. The Morgan fingerprint density at radius 3 is 2.62 bits per heavy atom. The summed E-state index contributed by atoms with van der Waals surface area (Å²) >= 11 is 0. The summed E-state index contributed by atoms with van der Waals surface area (Å²) in [7, 11) is 1.50. The van der Waals surface area contributed by atoms with E-state index in [0.29, 0.717) is 17.2 Å². The van der Waals surface area contributed by atoms with Crippen molar-refractivity contribution in [1.29, 1.82) is 0 Å². The van der Waals surface area contributed by atoms with E-state index >= 15 is 0 Å². The maximum atomic E-state index is 11.7. The number of hydrogen-bond acceptors (Lipinski definition) is 7. The van der Waals surface area contributed by atoms with Gasteiger partial charge < -0.3 is 20.2 Å². The number of carbonyl (C=O) groups excluding carboxylic acids is 1. The van der Waals surface area contributed by atoms with Gasteiger partial charge in [-0.3, -0.25) is 0 Å². The highest BCUT2D eigenvalue weighted by Crippen LogP contribution is 2.27. The lowest BCUT2D eigenvalue weighted by molar-refractivity contribution is -0.143. The van der Waals surface area contributed by atoms with Gasteiger partial charge in [0.1, 0.15) is 0 Å². The number of methoxy groups -OCH3 is 1. The maximum absolute atomic E-state index is 11.7. The number of benzene rings is 2. The summed E-state index contributed by atoms with van der Waals surface area (Å²) in [4.78, 5) is 16.7. The normalized spacial score (nSPS) is 10.4. The SMILES string of the molecule is COc1cc(C=NN)ccc1OCC(=O)ONc1ccc(C)cc1. The van der Waals surface area contributed by atoms with Gasteiger partial charge in [-0.1, -0.05) is 17.7 Å². The second-order valence-electron chi connectivity index (χ2n) is 4.92. The lowest BCUT2D eigenvalue weighted by Crippen LogP contribution is -2.18. The highest BCUT2D eigenvalue weighted by atomic mass is 16.7. The zero-order valence-corrected chi connectivity index (χ0v) is 13.5. The molecule has 7 nitrogen and oxygen atoms in total. The van der Waals surface area contributed by atoms with E-state index in [1.165, 1.54) is 13.3 Å². The second kappa shape index (κ2) is 8.42. The van der Waals surface area contributed by atoms with Gasteiger partial charge >= 0.3 is 5.97 Å². The van der Waals surface area contributed by atoms with Gasteiger partial charge in [0, 0.05) is 0 Å². The molecule has 0 bridgehead atoms. The summed E-state index contributed by atoms with van der Waals surface area (Å²) in [6.07, 6.45) is 1.48. The Kier molecular flexibility index (Phi) is 6.01. The van der Waals surface area contributed by atoms with Gasteiger partial charge in [0.25, 0.3) is 0 Å². The van der Waals surface area contributed by atoms with E-state index in [-0.39, 0.29) is 6.61 Å². The van der Waals surface area contributed by atoms with Crippen molar-refractivity contribution < 1.29 is 19.1 Å². The smallest absolute Gasteiger partial charge is 0.369 e. The summed E-state index contributed by atoms with van der Waals surface area (Å²) in [5, 5.41) is 3.44. The van der Waals surface area contributed by atoms with Crippen LogP contribution in [-0.4, -0.2) is 25.9 Å². The topological polar surface area (TPSA) is 95.2 Å². The first-order valence-electron chi connectivity index (χ1n) is 7.19. The predicted molar refractivity (Wildman–Crippen MR) is 91.2 cm³/mol. The second-order valence-corrected chi connectivity index (χ2v) is 4.92. The van der Waals surface area contributed by atoms with Crippen LogP contribution in [0.3, 0.4) is 0 Å². The van der Waals surface area contributed by atoms with E-state index in [0.717, 1.165) is 11.1 Å². The van der Waals surface area contributed by atoms with Crippen LogP contribution in [0.4, 0.5) is 5.69 Å². The number of hydrazone groups is 1. The quantitative estimate of drug-likeness (QED) is 0.459. The molecule has 0 unspecified atom stereocenters. The van der Waals surface area contributed by atoms with Crippen LogP contribution >= 0.6 is 0 Å². The lowest BCUT2D eigenvalue weighted by atomic mass is 10.2. The minimum Gasteiger partial charge on any atom is -0.493 e. The number of aryl methyl sites for hydroxylation is 1. The van der Waals surface area contributed by atoms with Gasteiger partial charge in [-0.25, -0.2) is 10.3 Å². The van der Waals surface area contributed by atoms with Crippen molar-refractivity contribution in [2.24, 2.45) is 10.9 Å². The molecular weight excluding hydrogens is 310 g/mol. The van der Waals surface area contributed by atoms with Crippen LogP contribution in [0.1, 0.15) is 11.1 Å². The van der Waals surface area contributed by atoms with E-state index in [9.17, 15) is 4.79 Å². The molecule has 0 saturated carbocycles. The first-order valence-corrected chi connectivity index (χ1v) is 7.19. The molecule has 2 aromatic rings. The van der Waals surface area contributed by atoms with E-state index in [1.54, 1.807) is 18.2 Å². The number of anilines is 1. The minimum absolute atomic E-state index is 0.264. The third-order valence-corrected chi connectivity index (χ3v) is 3.09. The summed E-state index contributed by atoms with van der Waals surface area (Å²) in [6.45, 7) is 1.71. The molecule has 0 radical (unpaired) electrons. The number of rotatable bonds is 7. The first kappa shape index (κ1) is 17.1. The molecule has 2 rings (SSSR count). The summed E-state index contributed by atoms with van der Waals surface area (Å²) in [6, 6.07) is 12.5. The zero-order chi connectivity index (χ0) is 17.4. The number of nitrogens with zero attached hydrogens (tertiary/aromatic N) is 1. The third-order valence-electron chi connectivity index (χ3n) is 3.09. The van der Waals surface area contributed by atoms with Gasteiger partial charge in [0.05, 0.1) is 19.0 Å². The Morgan fingerprint density at radius 2 is 1.96 bits per heavy atom. The van der Waals surface area contributed by atoms with Crippen molar-refractivity contribution >= 4 is 17.9 Å². The number of ether oxygens (including phenoxy) is 2.